The number of hydrogen-bond acceptors (Lipinski definition) is 6. The number of Topliss-reactive ketones (excluding diaryl/α,β-unsaturated/α-hetero) is 1. The summed E-state index contributed by atoms with van der Waals surface area (Å²) in [4.78, 5) is 27.3. The van der Waals surface area contributed by atoms with E-state index in [1.54, 1.807) is 43.5 Å². The van der Waals surface area contributed by atoms with Gasteiger partial charge in [-0.05, 0) is 60.4 Å². The predicted molar refractivity (Wildman–Crippen MR) is 145 cm³/mol. The minimum Gasteiger partial charge on any atom is -0.508 e. The Bertz CT molecular complexity index is 1470. The first-order valence-electron chi connectivity index (χ1n) is 12.4. The van der Waals surface area contributed by atoms with Gasteiger partial charge < -0.3 is 19.9 Å². The fraction of sp³-hybridized carbons (Fsp3) is 0.226. The van der Waals surface area contributed by atoms with E-state index >= 15 is 0 Å². The number of esters is 1. The smallest absolute Gasteiger partial charge is 0.337 e. The number of nitrogens with one attached hydrogen (secondary N) is 1. The fourth-order valence-electron chi connectivity index (χ4n) is 5.42. The highest BCUT2D eigenvalue weighted by Gasteiger charge is 2.42. The molecule has 5 rings (SSSR count). The van der Waals surface area contributed by atoms with Gasteiger partial charge in [0, 0.05) is 40.2 Å². The van der Waals surface area contributed by atoms with Crippen LogP contribution < -0.4 is 10.1 Å². The van der Waals surface area contributed by atoms with Gasteiger partial charge in [0.2, 0.25) is 0 Å². The number of carbonyl (C=O) groups is 2. The minimum atomic E-state index is -0.670. The van der Waals surface area contributed by atoms with Gasteiger partial charge in [-0.25, -0.2) is 4.79 Å². The zero-order chi connectivity index (χ0) is 26.8. The number of hydrogen-bond donors (Lipinski definition) is 2. The molecule has 7 heteroatoms. The second-order valence-electron chi connectivity index (χ2n) is 9.56. The van der Waals surface area contributed by atoms with Crippen LogP contribution in [0.2, 0.25) is 5.02 Å². The number of allylic oxidation sites excluding steroid dienone is 3. The molecule has 3 aromatic carbocycles. The molecule has 0 saturated carbocycles. The Morgan fingerprint density at radius 1 is 1.05 bits per heavy atom. The van der Waals surface area contributed by atoms with Crippen molar-refractivity contribution in [1.82, 2.24) is 5.32 Å². The number of ketones is 1. The summed E-state index contributed by atoms with van der Waals surface area (Å²) in [5.74, 6) is -0.532. The van der Waals surface area contributed by atoms with Gasteiger partial charge in [-0.1, -0.05) is 54.1 Å². The average Bonchev–Trinajstić information content (AvgIpc) is 2.91. The van der Waals surface area contributed by atoms with Crippen LogP contribution in [0.1, 0.15) is 48.3 Å². The molecule has 38 heavy (non-hydrogen) atoms. The number of phenols is 1. The first-order valence-corrected chi connectivity index (χ1v) is 12.8. The van der Waals surface area contributed by atoms with Crippen LogP contribution in [0.4, 0.5) is 0 Å². The molecule has 0 bridgehead atoms. The quantitative estimate of drug-likeness (QED) is 0.372. The molecule has 1 aliphatic heterocycles. The lowest BCUT2D eigenvalue weighted by molar-refractivity contribution is -0.140. The van der Waals surface area contributed by atoms with Crippen molar-refractivity contribution in [2.75, 3.05) is 7.11 Å². The number of rotatable bonds is 6. The summed E-state index contributed by atoms with van der Waals surface area (Å²) in [6.07, 6.45) is 0.860. The van der Waals surface area contributed by atoms with Gasteiger partial charge in [-0.3, -0.25) is 4.79 Å². The van der Waals surface area contributed by atoms with Crippen molar-refractivity contribution >= 4 is 23.4 Å². The van der Waals surface area contributed by atoms with Crippen LogP contribution in [-0.2, 0) is 20.9 Å². The maximum atomic E-state index is 13.8. The maximum Gasteiger partial charge on any atom is 0.337 e. The lowest BCUT2D eigenvalue weighted by atomic mass is 9.71. The molecule has 2 unspecified atom stereocenters. The number of dihydropyridines is 1. The number of para-hydroxylation sites is 1. The van der Waals surface area contributed by atoms with Crippen molar-refractivity contribution in [3.8, 4) is 11.5 Å². The van der Waals surface area contributed by atoms with E-state index in [2.05, 4.69) is 5.32 Å². The molecular weight excluding hydrogens is 502 g/mol. The summed E-state index contributed by atoms with van der Waals surface area (Å²) in [5.41, 5.74) is 4.64. The number of ether oxygens (including phenoxy) is 2. The largest absolute Gasteiger partial charge is 0.508 e. The molecule has 6 nitrogen and oxygen atoms in total. The third-order valence-corrected chi connectivity index (χ3v) is 7.32. The molecule has 0 radical (unpaired) electrons. The molecule has 0 aromatic heterocycles. The number of phenolic OH excluding ortho intramolecular Hbond substituents is 1. The second kappa shape index (κ2) is 10.8. The van der Waals surface area contributed by atoms with E-state index in [1.807, 2.05) is 43.3 Å². The Balaban J connectivity index is 1.52. The van der Waals surface area contributed by atoms with E-state index in [0.717, 1.165) is 22.6 Å². The predicted octanol–water partition coefficient (Wildman–Crippen LogP) is 6.16. The van der Waals surface area contributed by atoms with Crippen LogP contribution in [0.3, 0.4) is 0 Å². The van der Waals surface area contributed by atoms with Crippen molar-refractivity contribution < 1.29 is 24.2 Å². The Kier molecular flexibility index (Phi) is 7.25. The van der Waals surface area contributed by atoms with Crippen LogP contribution in [-0.4, -0.2) is 24.0 Å². The van der Waals surface area contributed by atoms with E-state index in [9.17, 15) is 14.7 Å². The van der Waals surface area contributed by atoms with Crippen molar-refractivity contribution in [1.29, 1.82) is 0 Å². The third-order valence-electron chi connectivity index (χ3n) is 7.09. The van der Waals surface area contributed by atoms with Crippen molar-refractivity contribution in [2.24, 2.45) is 0 Å². The van der Waals surface area contributed by atoms with Crippen LogP contribution in [0.5, 0.6) is 11.5 Å². The Morgan fingerprint density at radius 2 is 1.84 bits per heavy atom. The summed E-state index contributed by atoms with van der Waals surface area (Å²) < 4.78 is 11.3. The van der Waals surface area contributed by atoms with Gasteiger partial charge in [-0.15, -0.1) is 0 Å². The monoisotopic (exact) mass is 529 g/mol. The highest BCUT2D eigenvalue weighted by atomic mass is 35.5. The highest BCUT2D eigenvalue weighted by Crippen LogP contribution is 2.47. The SMILES string of the molecule is COc1ccccc1C1CC(=O)C2=C(C1)NC(C)=C(C(=O)OCc1cccc(Cl)c1)C2c1cccc(O)c1. The topological polar surface area (TPSA) is 84.9 Å². The first-order chi connectivity index (χ1) is 18.4. The van der Waals surface area contributed by atoms with Gasteiger partial charge in [0.1, 0.15) is 18.1 Å². The van der Waals surface area contributed by atoms with Gasteiger partial charge in [-0.2, -0.15) is 0 Å². The highest BCUT2D eigenvalue weighted by molar-refractivity contribution is 6.30. The Morgan fingerprint density at radius 3 is 2.61 bits per heavy atom. The fourth-order valence-corrected chi connectivity index (χ4v) is 5.64. The molecule has 1 heterocycles. The lowest BCUT2D eigenvalue weighted by Crippen LogP contribution is -2.36. The molecule has 2 atom stereocenters. The number of methoxy groups -OCH3 is 1. The van der Waals surface area contributed by atoms with Crippen molar-refractivity contribution in [3.63, 3.8) is 0 Å². The summed E-state index contributed by atoms with van der Waals surface area (Å²) >= 11 is 6.08. The maximum absolute atomic E-state index is 13.8. The molecule has 0 spiro atoms. The average molecular weight is 530 g/mol. The van der Waals surface area contributed by atoms with E-state index in [4.69, 9.17) is 21.1 Å². The Hall–Kier alpha value is -4.03. The summed E-state index contributed by atoms with van der Waals surface area (Å²) in [7, 11) is 1.62. The number of halogens is 1. The van der Waals surface area contributed by atoms with Crippen LogP contribution in [0, 0.1) is 0 Å². The molecule has 1 aliphatic carbocycles. The van der Waals surface area contributed by atoms with Gasteiger partial charge in [0.25, 0.3) is 0 Å². The van der Waals surface area contributed by atoms with Crippen LogP contribution in [0.25, 0.3) is 0 Å². The van der Waals surface area contributed by atoms with E-state index in [-0.39, 0.29) is 30.5 Å². The lowest BCUT2D eigenvalue weighted by Gasteiger charge is -2.37. The van der Waals surface area contributed by atoms with Crippen LogP contribution in [0.15, 0.2) is 95.3 Å². The molecule has 2 aliphatic rings. The van der Waals surface area contributed by atoms with Crippen molar-refractivity contribution in [3.05, 3.63) is 117 Å². The normalized spacial score (nSPS) is 19.1. The molecule has 0 amide bonds. The molecular formula is C31H28ClNO5. The standard InChI is InChI=1S/C31H28ClNO5/c1-18-28(31(36)38-17-19-7-5-9-22(32)13-19)29(20-8-6-10-23(34)14-20)30-25(33-18)15-21(16-26(30)35)24-11-3-4-12-27(24)37-2/h3-14,21,29,33-34H,15-17H2,1-2H3. The zero-order valence-electron chi connectivity index (χ0n) is 21.2. The summed E-state index contributed by atoms with van der Waals surface area (Å²) in [6.45, 7) is 1.85. The van der Waals surface area contributed by atoms with Gasteiger partial charge >= 0.3 is 5.97 Å². The van der Waals surface area contributed by atoms with Crippen molar-refractivity contribution in [2.45, 2.75) is 38.2 Å². The Labute approximate surface area is 226 Å². The van der Waals surface area contributed by atoms with E-state index in [0.29, 0.717) is 33.9 Å². The van der Waals surface area contributed by atoms with Gasteiger partial charge in [0.15, 0.2) is 5.78 Å². The first kappa shape index (κ1) is 25.6. The molecule has 2 N–H and O–H groups in total. The minimum absolute atomic E-state index is 0.0403. The summed E-state index contributed by atoms with van der Waals surface area (Å²) in [6, 6.07) is 21.5. The van der Waals surface area contributed by atoms with Crippen LogP contribution >= 0.6 is 11.6 Å². The number of aromatic hydroxyl groups is 1. The zero-order valence-corrected chi connectivity index (χ0v) is 21.9. The molecule has 0 saturated heterocycles. The van der Waals surface area contributed by atoms with Gasteiger partial charge in [0.05, 0.1) is 12.7 Å². The van der Waals surface area contributed by atoms with E-state index < -0.39 is 11.9 Å². The molecule has 194 valence electrons. The number of benzene rings is 3. The number of carbonyl (C=O) groups excluding carboxylic acids is 2. The molecule has 0 fully saturated rings. The summed E-state index contributed by atoms with van der Waals surface area (Å²) in [5, 5.41) is 14.2. The molecule has 3 aromatic rings. The van der Waals surface area contributed by atoms with E-state index in [1.165, 1.54) is 0 Å². The second-order valence-corrected chi connectivity index (χ2v) is 10.00. The third kappa shape index (κ3) is 5.04.